The summed E-state index contributed by atoms with van der Waals surface area (Å²) in [4.78, 5) is 35.7. The highest BCUT2D eigenvalue weighted by Crippen LogP contribution is 2.47. The average molecular weight is 889 g/mol. The molecule has 1 aliphatic carbocycles. The van der Waals surface area contributed by atoms with Gasteiger partial charge in [0.15, 0.2) is 6.10 Å². The number of carbonyl (C=O) groups is 2. The molecule has 1 saturated carbocycles. The van der Waals surface area contributed by atoms with Gasteiger partial charge < -0.3 is 39.9 Å². The van der Waals surface area contributed by atoms with E-state index in [-0.39, 0.29) is 12.8 Å². The zero-order valence-corrected chi connectivity index (χ0v) is 38.6. The first kappa shape index (κ1) is 57.1. The van der Waals surface area contributed by atoms with Crippen LogP contribution in [0.15, 0.2) is 36.5 Å². The van der Waals surface area contributed by atoms with Crippen LogP contribution in [0.25, 0.3) is 0 Å². The fourth-order valence-corrected chi connectivity index (χ4v) is 8.09. The Kier molecular flexibility index (Phi) is 35.0. The Labute approximate surface area is 368 Å². The molecule has 1 rings (SSSR count). The van der Waals surface area contributed by atoms with Crippen LogP contribution >= 0.6 is 7.82 Å². The molecule has 1 aliphatic rings. The monoisotopic (exact) mass is 889 g/mol. The SMILES string of the molecule is CCCCC/C=C\C/C=C\C/C=C\CCCCC(=O)OC[C@H](COP(=O)(O)OC1C(O)C(O)C(O)[C@@H](O)C1O)OC(=O)CCCCCCCCCCCCCCCCCCC. The molecule has 356 valence electrons. The van der Waals surface area contributed by atoms with Gasteiger partial charge in [-0.05, 0) is 51.4 Å². The van der Waals surface area contributed by atoms with Crippen LogP contribution in [0, 0.1) is 0 Å². The first-order valence-corrected chi connectivity index (χ1v) is 25.3. The van der Waals surface area contributed by atoms with E-state index in [0.717, 1.165) is 57.8 Å². The maximum atomic E-state index is 12.8. The fourth-order valence-electron chi connectivity index (χ4n) is 7.12. The molecular weight excluding hydrogens is 803 g/mol. The van der Waals surface area contributed by atoms with Crippen molar-refractivity contribution in [2.45, 2.75) is 236 Å². The Bertz CT molecular complexity index is 1210. The number of ether oxygens (including phenoxy) is 2. The van der Waals surface area contributed by atoms with Crippen LogP contribution in [0.2, 0.25) is 0 Å². The van der Waals surface area contributed by atoms with Gasteiger partial charge in [0.2, 0.25) is 0 Å². The molecule has 13 nitrogen and oxygen atoms in total. The van der Waals surface area contributed by atoms with Crippen molar-refractivity contribution >= 4 is 19.8 Å². The minimum Gasteiger partial charge on any atom is -0.462 e. The van der Waals surface area contributed by atoms with Crippen LogP contribution in [0.3, 0.4) is 0 Å². The molecule has 0 saturated heterocycles. The van der Waals surface area contributed by atoms with Crippen LogP contribution in [-0.2, 0) is 32.7 Å². The number of phosphoric ester groups is 1. The maximum absolute atomic E-state index is 12.8. The van der Waals surface area contributed by atoms with E-state index in [0.29, 0.717) is 12.8 Å². The second kappa shape index (κ2) is 37.4. The lowest BCUT2D eigenvalue weighted by Crippen LogP contribution is -2.64. The predicted octanol–water partition coefficient (Wildman–Crippen LogP) is 9.39. The van der Waals surface area contributed by atoms with E-state index in [1.807, 2.05) is 0 Å². The third-order valence-electron chi connectivity index (χ3n) is 11.0. The van der Waals surface area contributed by atoms with Crippen molar-refractivity contribution in [2.75, 3.05) is 13.2 Å². The quantitative estimate of drug-likeness (QED) is 0.0147. The molecule has 0 spiro atoms. The minimum absolute atomic E-state index is 0.0916. The van der Waals surface area contributed by atoms with Gasteiger partial charge in [0, 0.05) is 12.8 Å². The largest absolute Gasteiger partial charge is 0.472 e. The van der Waals surface area contributed by atoms with E-state index in [9.17, 15) is 44.6 Å². The number of rotatable bonds is 39. The third-order valence-corrected chi connectivity index (χ3v) is 12.0. The Balaban J connectivity index is 2.47. The first-order chi connectivity index (χ1) is 29.4. The Morgan fingerprint density at radius 2 is 0.885 bits per heavy atom. The summed E-state index contributed by atoms with van der Waals surface area (Å²) in [5.74, 6) is -1.14. The lowest BCUT2D eigenvalue weighted by atomic mass is 9.85. The van der Waals surface area contributed by atoms with Crippen molar-refractivity contribution in [3.05, 3.63) is 36.5 Å². The van der Waals surface area contributed by atoms with Crippen molar-refractivity contribution in [3.63, 3.8) is 0 Å². The predicted molar refractivity (Wildman–Crippen MR) is 240 cm³/mol. The fraction of sp³-hybridized carbons (Fsp3) is 0.830. The average Bonchev–Trinajstić information content (AvgIpc) is 3.24. The second-order valence-electron chi connectivity index (χ2n) is 16.6. The van der Waals surface area contributed by atoms with Gasteiger partial charge in [0.25, 0.3) is 0 Å². The van der Waals surface area contributed by atoms with Crippen molar-refractivity contribution in [1.29, 1.82) is 0 Å². The maximum Gasteiger partial charge on any atom is 0.472 e. The molecule has 0 heterocycles. The molecular formula is C47H85O13P. The summed E-state index contributed by atoms with van der Waals surface area (Å²) in [6.45, 7) is 3.25. The van der Waals surface area contributed by atoms with Gasteiger partial charge in [-0.1, -0.05) is 166 Å². The smallest absolute Gasteiger partial charge is 0.462 e. The molecule has 0 aromatic carbocycles. The number of hydrogen-bond donors (Lipinski definition) is 6. The van der Waals surface area contributed by atoms with E-state index < -0.39 is 75.7 Å². The second-order valence-corrected chi connectivity index (χ2v) is 18.0. The number of esters is 2. The first-order valence-electron chi connectivity index (χ1n) is 23.8. The molecule has 14 heteroatoms. The Morgan fingerprint density at radius 1 is 0.508 bits per heavy atom. The van der Waals surface area contributed by atoms with Gasteiger partial charge in [-0.25, -0.2) is 4.57 Å². The van der Waals surface area contributed by atoms with E-state index in [1.54, 1.807) is 0 Å². The summed E-state index contributed by atoms with van der Waals surface area (Å²) >= 11 is 0. The molecule has 1 fully saturated rings. The van der Waals surface area contributed by atoms with Crippen LogP contribution in [0.1, 0.15) is 194 Å². The molecule has 0 aromatic rings. The molecule has 0 aliphatic heterocycles. The zero-order valence-electron chi connectivity index (χ0n) is 37.7. The van der Waals surface area contributed by atoms with Crippen LogP contribution < -0.4 is 0 Å². The van der Waals surface area contributed by atoms with Crippen molar-refractivity contribution in [1.82, 2.24) is 0 Å². The highest BCUT2D eigenvalue weighted by atomic mass is 31.2. The third kappa shape index (κ3) is 30.0. The van der Waals surface area contributed by atoms with Gasteiger partial charge in [-0.15, -0.1) is 0 Å². The summed E-state index contributed by atoms with van der Waals surface area (Å²) in [5.41, 5.74) is 0. The van der Waals surface area contributed by atoms with E-state index in [4.69, 9.17) is 18.5 Å². The normalized spacial score (nSPS) is 22.3. The van der Waals surface area contributed by atoms with Gasteiger partial charge in [-0.3, -0.25) is 18.6 Å². The van der Waals surface area contributed by atoms with Gasteiger partial charge in [0.1, 0.15) is 43.2 Å². The molecule has 0 amide bonds. The topological polar surface area (TPSA) is 210 Å². The van der Waals surface area contributed by atoms with Crippen LogP contribution in [0.5, 0.6) is 0 Å². The number of phosphoric acid groups is 1. The zero-order chi connectivity index (χ0) is 45.0. The van der Waals surface area contributed by atoms with Crippen LogP contribution in [0.4, 0.5) is 0 Å². The van der Waals surface area contributed by atoms with Crippen molar-refractivity contribution in [2.24, 2.45) is 0 Å². The lowest BCUT2D eigenvalue weighted by Gasteiger charge is -2.41. The standard InChI is InChI=1S/C47H85O13P/c1-3-5-7-9-11-13-15-17-19-20-22-24-26-28-30-32-34-36-41(49)59-39(38-58-61(55,56)60-47-45(53)43(51)42(50)44(52)46(47)54)37-57-40(48)35-33-31-29-27-25-23-21-18-16-14-12-10-8-6-4-2/h12,14,18,21,25,27,39,42-47,50-54H,3-11,13,15-17,19-20,22-24,26,28-38H2,1-2H3,(H,55,56)/b14-12-,21-18-,27-25-/t39-,42?,43-,44?,45?,46?,47?/m1/s1. The molecule has 0 bridgehead atoms. The number of allylic oxidation sites excluding steroid dienone is 6. The van der Waals surface area contributed by atoms with Gasteiger partial charge in [-0.2, -0.15) is 0 Å². The van der Waals surface area contributed by atoms with Crippen LogP contribution in [-0.4, -0.2) is 98.3 Å². The highest BCUT2D eigenvalue weighted by Gasteiger charge is 2.51. The van der Waals surface area contributed by atoms with Gasteiger partial charge >= 0.3 is 19.8 Å². The summed E-state index contributed by atoms with van der Waals surface area (Å²) in [6, 6.07) is 0. The summed E-state index contributed by atoms with van der Waals surface area (Å²) in [7, 11) is -5.12. The number of carbonyl (C=O) groups excluding carboxylic acids is 2. The minimum atomic E-state index is -5.12. The Hall–Kier alpha value is -1.93. The number of hydrogen-bond acceptors (Lipinski definition) is 12. The number of aliphatic hydroxyl groups is 5. The Morgan fingerprint density at radius 3 is 1.38 bits per heavy atom. The molecule has 8 atom stereocenters. The molecule has 61 heavy (non-hydrogen) atoms. The summed E-state index contributed by atoms with van der Waals surface area (Å²) in [6.07, 6.45) is 29.1. The summed E-state index contributed by atoms with van der Waals surface area (Å²) < 4.78 is 33.5. The molecule has 0 aromatic heterocycles. The molecule has 6 unspecified atom stereocenters. The van der Waals surface area contributed by atoms with Gasteiger partial charge in [0.05, 0.1) is 6.61 Å². The van der Waals surface area contributed by atoms with Crippen molar-refractivity contribution < 1.29 is 63.1 Å². The van der Waals surface area contributed by atoms with Crippen molar-refractivity contribution in [3.8, 4) is 0 Å². The molecule has 6 N–H and O–H groups in total. The molecule has 0 radical (unpaired) electrons. The highest BCUT2D eigenvalue weighted by molar-refractivity contribution is 7.47. The van der Waals surface area contributed by atoms with E-state index in [2.05, 4.69) is 50.3 Å². The lowest BCUT2D eigenvalue weighted by molar-refractivity contribution is -0.220. The number of aliphatic hydroxyl groups excluding tert-OH is 5. The summed E-state index contributed by atoms with van der Waals surface area (Å²) in [5, 5.41) is 50.2. The van der Waals surface area contributed by atoms with E-state index >= 15 is 0 Å². The number of unbranched alkanes of at least 4 members (excludes halogenated alkanes) is 21. The van der Waals surface area contributed by atoms with E-state index in [1.165, 1.54) is 96.3 Å².